The fourth-order valence-electron chi connectivity index (χ4n) is 1.71. The Morgan fingerprint density at radius 3 is 2.73 bits per heavy atom. The summed E-state index contributed by atoms with van der Waals surface area (Å²) >= 11 is 0. The number of rotatable bonds is 2. The highest BCUT2D eigenvalue weighted by Crippen LogP contribution is 2.16. The third-order valence-electron chi connectivity index (χ3n) is 2.49. The molecular weight excluding hydrogens is 188 g/mol. The van der Waals surface area contributed by atoms with Crippen LogP contribution in [0, 0.1) is 0 Å². The Labute approximate surface area is 89.6 Å². The molecule has 0 N–H and O–H groups in total. The van der Waals surface area contributed by atoms with Crippen molar-refractivity contribution in [3.8, 4) is 0 Å². The summed E-state index contributed by atoms with van der Waals surface area (Å²) in [4.78, 5) is 12.0. The monoisotopic (exact) mass is 202 g/mol. The molecule has 2 nitrogen and oxygen atoms in total. The standard InChI is InChI=1S/C13H14O2/c1-10-6-5-9-12(15-10)13(14)11-7-3-2-4-8-11/h2-8,10,12H,9H2,1H3/t10?,12-/m1/s1. The van der Waals surface area contributed by atoms with E-state index < -0.39 is 0 Å². The number of benzene rings is 1. The molecular formula is C13H14O2. The molecule has 1 aromatic rings. The smallest absolute Gasteiger partial charge is 0.191 e. The van der Waals surface area contributed by atoms with E-state index in [1.165, 1.54) is 0 Å². The number of carbonyl (C=O) groups is 1. The van der Waals surface area contributed by atoms with Crippen LogP contribution >= 0.6 is 0 Å². The zero-order valence-corrected chi connectivity index (χ0v) is 8.72. The number of ether oxygens (including phenoxy) is 1. The number of Topliss-reactive ketones (excluding diaryl/α,β-unsaturated/α-hetero) is 1. The van der Waals surface area contributed by atoms with Crippen LogP contribution in [0.15, 0.2) is 42.5 Å². The molecule has 2 heteroatoms. The molecule has 0 amide bonds. The minimum Gasteiger partial charge on any atom is -0.363 e. The normalized spacial score (nSPS) is 25.1. The lowest BCUT2D eigenvalue weighted by atomic mass is 10.0. The molecule has 0 saturated heterocycles. The van der Waals surface area contributed by atoms with Crippen molar-refractivity contribution in [2.45, 2.75) is 25.6 Å². The summed E-state index contributed by atoms with van der Waals surface area (Å²) in [5, 5.41) is 0. The number of carbonyl (C=O) groups excluding carboxylic acids is 1. The zero-order chi connectivity index (χ0) is 10.7. The van der Waals surface area contributed by atoms with E-state index in [0.717, 1.165) is 5.56 Å². The summed E-state index contributed by atoms with van der Waals surface area (Å²) in [5.74, 6) is 0.0757. The minimum atomic E-state index is -0.313. The van der Waals surface area contributed by atoms with Crippen LogP contribution in [0.2, 0.25) is 0 Å². The SMILES string of the molecule is CC1C=CC[C@H](C(=O)c2ccccc2)O1. The number of ketones is 1. The highest BCUT2D eigenvalue weighted by atomic mass is 16.5. The quantitative estimate of drug-likeness (QED) is 0.544. The highest BCUT2D eigenvalue weighted by Gasteiger charge is 2.23. The summed E-state index contributed by atoms with van der Waals surface area (Å²) in [6.45, 7) is 1.95. The van der Waals surface area contributed by atoms with Crippen molar-refractivity contribution in [3.63, 3.8) is 0 Å². The Morgan fingerprint density at radius 1 is 1.33 bits per heavy atom. The first-order valence-electron chi connectivity index (χ1n) is 5.19. The van der Waals surface area contributed by atoms with Gasteiger partial charge in [0, 0.05) is 5.56 Å². The Bertz CT molecular complexity index is 367. The second-order valence-corrected chi connectivity index (χ2v) is 3.72. The van der Waals surface area contributed by atoms with Gasteiger partial charge in [-0.05, 0) is 13.3 Å². The molecule has 1 aromatic carbocycles. The van der Waals surface area contributed by atoms with E-state index in [1.54, 1.807) is 0 Å². The van der Waals surface area contributed by atoms with E-state index >= 15 is 0 Å². The Kier molecular flexibility index (Phi) is 2.97. The fourth-order valence-corrected chi connectivity index (χ4v) is 1.71. The molecule has 15 heavy (non-hydrogen) atoms. The van der Waals surface area contributed by atoms with Crippen LogP contribution in [0.25, 0.3) is 0 Å². The molecule has 1 unspecified atom stereocenters. The first-order chi connectivity index (χ1) is 7.27. The largest absolute Gasteiger partial charge is 0.363 e. The maximum atomic E-state index is 12.0. The summed E-state index contributed by atoms with van der Waals surface area (Å²) in [6, 6.07) is 9.30. The van der Waals surface area contributed by atoms with Crippen LogP contribution in [-0.4, -0.2) is 18.0 Å². The topological polar surface area (TPSA) is 26.3 Å². The molecule has 0 fully saturated rings. The van der Waals surface area contributed by atoms with Crippen molar-refractivity contribution < 1.29 is 9.53 Å². The lowest BCUT2D eigenvalue weighted by Gasteiger charge is -2.22. The first kappa shape index (κ1) is 10.1. The molecule has 2 rings (SSSR count). The maximum Gasteiger partial charge on any atom is 0.191 e. The Balaban J connectivity index is 2.12. The van der Waals surface area contributed by atoms with Gasteiger partial charge in [-0.3, -0.25) is 4.79 Å². The van der Waals surface area contributed by atoms with Gasteiger partial charge < -0.3 is 4.74 Å². The average Bonchev–Trinajstić information content (AvgIpc) is 2.29. The van der Waals surface area contributed by atoms with E-state index in [2.05, 4.69) is 0 Å². The van der Waals surface area contributed by atoms with Crippen LogP contribution in [0.4, 0.5) is 0 Å². The van der Waals surface area contributed by atoms with Crippen molar-refractivity contribution in [2.24, 2.45) is 0 Å². The van der Waals surface area contributed by atoms with Gasteiger partial charge in [0.15, 0.2) is 5.78 Å². The zero-order valence-electron chi connectivity index (χ0n) is 8.72. The van der Waals surface area contributed by atoms with E-state index in [4.69, 9.17) is 4.74 Å². The molecule has 0 radical (unpaired) electrons. The first-order valence-corrected chi connectivity index (χ1v) is 5.19. The summed E-state index contributed by atoms with van der Waals surface area (Å²) in [6.07, 6.45) is 4.40. The maximum absolute atomic E-state index is 12.0. The van der Waals surface area contributed by atoms with Crippen molar-refractivity contribution in [1.82, 2.24) is 0 Å². The molecule has 1 aliphatic rings. The molecule has 1 heterocycles. The second-order valence-electron chi connectivity index (χ2n) is 3.72. The molecule has 1 aliphatic heterocycles. The third-order valence-corrected chi connectivity index (χ3v) is 2.49. The third kappa shape index (κ3) is 2.34. The van der Waals surface area contributed by atoms with Gasteiger partial charge in [0.05, 0.1) is 6.10 Å². The molecule has 0 aromatic heterocycles. The van der Waals surface area contributed by atoms with Crippen molar-refractivity contribution in [1.29, 1.82) is 0 Å². The van der Waals surface area contributed by atoms with Gasteiger partial charge in [0.1, 0.15) is 6.10 Å². The van der Waals surface area contributed by atoms with E-state index in [9.17, 15) is 4.79 Å². The van der Waals surface area contributed by atoms with Crippen LogP contribution in [-0.2, 0) is 4.74 Å². The minimum absolute atomic E-state index is 0.0383. The van der Waals surface area contributed by atoms with Crippen LogP contribution in [0.3, 0.4) is 0 Å². The van der Waals surface area contributed by atoms with Gasteiger partial charge in [0.2, 0.25) is 0 Å². The van der Waals surface area contributed by atoms with Gasteiger partial charge in [-0.2, -0.15) is 0 Å². The predicted octanol–water partition coefficient (Wildman–Crippen LogP) is 2.60. The summed E-state index contributed by atoms with van der Waals surface area (Å²) in [7, 11) is 0. The van der Waals surface area contributed by atoms with Crippen LogP contribution in [0.1, 0.15) is 23.7 Å². The molecule has 2 atom stereocenters. The van der Waals surface area contributed by atoms with E-state index in [1.807, 2.05) is 49.4 Å². The molecule has 0 bridgehead atoms. The van der Waals surface area contributed by atoms with Gasteiger partial charge in [-0.15, -0.1) is 0 Å². The number of hydrogen-bond donors (Lipinski definition) is 0. The van der Waals surface area contributed by atoms with Gasteiger partial charge in [-0.1, -0.05) is 42.5 Å². The lowest BCUT2D eigenvalue weighted by molar-refractivity contribution is 0.0182. The van der Waals surface area contributed by atoms with Gasteiger partial charge >= 0.3 is 0 Å². The van der Waals surface area contributed by atoms with Crippen LogP contribution < -0.4 is 0 Å². The predicted molar refractivity (Wildman–Crippen MR) is 58.9 cm³/mol. The number of hydrogen-bond acceptors (Lipinski definition) is 2. The summed E-state index contributed by atoms with van der Waals surface area (Å²) < 4.78 is 5.57. The molecule has 0 saturated carbocycles. The lowest BCUT2D eigenvalue weighted by Crippen LogP contribution is -2.29. The van der Waals surface area contributed by atoms with Crippen molar-refractivity contribution >= 4 is 5.78 Å². The Morgan fingerprint density at radius 2 is 2.07 bits per heavy atom. The van der Waals surface area contributed by atoms with Crippen molar-refractivity contribution in [3.05, 3.63) is 48.0 Å². The van der Waals surface area contributed by atoms with Crippen LogP contribution in [0.5, 0.6) is 0 Å². The second kappa shape index (κ2) is 4.41. The summed E-state index contributed by atoms with van der Waals surface area (Å²) in [5.41, 5.74) is 0.727. The van der Waals surface area contributed by atoms with Gasteiger partial charge in [0.25, 0.3) is 0 Å². The van der Waals surface area contributed by atoms with E-state index in [-0.39, 0.29) is 18.0 Å². The molecule has 0 spiro atoms. The fraction of sp³-hybridized carbons (Fsp3) is 0.308. The van der Waals surface area contributed by atoms with Crippen molar-refractivity contribution in [2.75, 3.05) is 0 Å². The van der Waals surface area contributed by atoms with E-state index in [0.29, 0.717) is 6.42 Å². The molecule has 0 aliphatic carbocycles. The highest BCUT2D eigenvalue weighted by molar-refractivity contribution is 5.99. The van der Waals surface area contributed by atoms with Gasteiger partial charge in [-0.25, -0.2) is 0 Å². The Hall–Kier alpha value is -1.41. The molecule has 78 valence electrons. The average molecular weight is 202 g/mol.